The normalized spacial score (nSPS) is 21.3. The highest BCUT2D eigenvalue weighted by Crippen LogP contribution is 2.23. The molecule has 0 bridgehead atoms. The molecule has 2 aliphatic rings. The zero-order valence-electron chi connectivity index (χ0n) is 12.3. The molecule has 1 aromatic rings. The van der Waals surface area contributed by atoms with Crippen LogP contribution < -0.4 is 5.32 Å². The second kappa shape index (κ2) is 5.96. The summed E-state index contributed by atoms with van der Waals surface area (Å²) in [5, 5.41) is 9.09. The van der Waals surface area contributed by atoms with Gasteiger partial charge in [-0.1, -0.05) is 17.7 Å². The number of carbonyl (C=O) groups excluding carboxylic acids is 2. The molecule has 22 heavy (non-hydrogen) atoms. The first-order valence-electron chi connectivity index (χ1n) is 7.18. The fraction of sp³-hybridized carbons (Fsp3) is 0.400. The van der Waals surface area contributed by atoms with E-state index >= 15 is 0 Å². The molecule has 2 aliphatic heterocycles. The van der Waals surface area contributed by atoms with Crippen LogP contribution in [0.5, 0.6) is 0 Å². The van der Waals surface area contributed by atoms with Gasteiger partial charge in [-0.2, -0.15) is 5.10 Å². The highest BCUT2D eigenvalue weighted by atomic mass is 35.5. The maximum atomic E-state index is 12.4. The fourth-order valence-corrected chi connectivity index (χ4v) is 2.90. The van der Waals surface area contributed by atoms with Gasteiger partial charge in [0.1, 0.15) is 12.4 Å². The number of nitrogens with zero attached hydrogens (tertiary/aromatic N) is 3. The lowest BCUT2D eigenvalue weighted by molar-refractivity contribution is -0.132. The first-order chi connectivity index (χ1) is 10.5. The molecule has 1 N–H and O–H groups in total. The Morgan fingerprint density at radius 1 is 1.45 bits per heavy atom. The van der Waals surface area contributed by atoms with Crippen molar-refractivity contribution in [2.45, 2.75) is 12.8 Å². The first kappa shape index (κ1) is 14.8. The van der Waals surface area contributed by atoms with Gasteiger partial charge < -0.3 is 10.2 Å². The van der Waals surface area contributed by atoms with E-state index in [2.05, 4.69) is 10.4 Å². The maximum absolute atomic E-state index is 12.4. The molecule has 7 heteroatoms. The van der Waals surface area contributed by atoms with Gasteiger partial charge in [0.2, 0.25) is 5.91 Å². The summed E-state index contributed by atoms with van der Waals surface area (Å²) in [6, 6.07) is 7.08. The number of rotatable bonds is 2. The van der Waals surface area contributed by atoms with E-state index in [1.807, 2.05) is 4.90 Å². The predicted molar refractivity (Wildman–Crippen MR) is 84.6 cm³/mol. The van der Waals surface area contributed by atoms with Gasteiger partial charge in [0, 0.05) is 30.7 Å². The largest absolute Gasteiger partial charge is 0.348 e. The molecule has 0 spiro atoms. The third-order valence-electron chi connectivity index (χ3n) is 3.94. The quantitative estimate of drug-likeness (QED) is 0.903. The summed E-state index contributed by atoms with van der Waals surface area (Å²) in [6.45, 7) is 0.807. The van der Waals surface area contributed by atoms with Crippen LogP contribution in [0.3, 0.4) is 0 Å². The molecule has 116 valence electrons. The molecule has 0 saturated carbocycles. The maximum Gasteiger partial charge on any atom is 0.261 e. The topological polar surface area (TPSA) is 65.0 Å². The molecular weight excluding hydrogens is 304 g/mol. The Morgan fingerprint density at radius 2 is 2.27 bits per heavy atom. The summed E-state index contributed by atoms with van der Waals surface area (Å²) < 4.78 is 0. The standard InChI is InChI=1S/C15H17ClN4O2/c1-19-14(21)9-20-8-10(5-6-13(20)18-19)15(22)17-12-4-2-3-11(16)7-12/h2-4,7,10H,5-6,8-9H2,1H3,(H,17,22)/t10-/m0/s1. The van der Waals surface area contributed by atoms with E-state index in [0.717, 1.165) is 12.3 Å². The number of amides is 2. The summed E-state index contributed by atoms with van der Waals surface area (Å²) in [5.74, 6) is 0.621. The van der Waals surface area contributed by atoms with E-state index in [4.69, 9.17) is 11.6 Å². The molecule has 1 saturated heterocycles. The van der Waals surface area contributed by atoms with Gasteiger partial charge in [-0.3, -0.25) is 9.59 Å². The second-order valence-corrected chi connectivity index (χ2v) is 5.99. The van der Waals surface area contributed by atoms with Crippen LogP contribution >= 0.6 is 11.6 Å². The van der Waals surface area contributed by atoms with Crippen molar-refractivity contribution in [1.29, 1.82) is 0 Å². The van der Waals surface area contributed by atoms with Crippen LogP contribution in [0, 0.1) is 5.92 Å². The van der Waals surface area contributed by atoms with E-state index in [0.29, 0.717) is 23.7 Å². The van der Waals surface area contributed by atoms with Crippen molar-refractivity contribution >= 4 is 34.9 Å². The number of nitrogens with one attached hydrogen (secondary N) is 1. The van der Waals surface area contributed by atoms with Crippen molar-refractivity contribution in [1.82, 2.24) is 9.91 Å². The van der Waals surface area contributed by atoms with Gasteiger partial charge in [-0.05, 0) is 24.6 Å². The number of piperidine rings is 1. The van der Waals surface area contributed by atoms with Gasteiger partial charge in [0.05, 0.1) is 5.92 Å². The number of halogens is 1. The number of benzene rings is 1. The van der Waals surface area contributed by atoms with E-state index in [1.54, 1.807) is 31.3 Å². The molecule has 1 fully saturated rings. The first-order valence-corrected chi connectivity index (χ1v) is 7.56. The van der Waals surface area contributed by atoms with Gasteiger partial charge in [-0.25, -0.2) is 5.01 Å². The van der Waals surface area contributed by atoms with E-state index in [9.17, 15) is 9.59 Å². The monoisotopic (exact) mass is 320 g/mol. The van der Waals surface area contributed by atoms with Crippen molar-refractivity contribution in [3.8, 4) is 0 Å². The molecule has 0 aromatic heterocycles. The molecule has 3 rings (SSSR count). The van der Waals surface area contributed by atoms with Gasteiger partial charge in [-0.15, -0.1) is 0 Å². The summed E-state index contributed by atoms with van der Waals surface area (Å²) in [7, 11) is 1.66. The summed E-state index contributed by atoms with van der Waals surface area (Å²) in [6.07, 6.45) is 1.43. The SMILES string of the molecule is CN1N=C2CC[C@H](C(=O)Nc3cccc(Cl)c3)CN2CC1=O. The lowest BCUT2D eigenvalue weighted by Crippen LogP contribution is -2.51. The Bertz CT molecular complexity index is 646. The third kappa shape index (κ3) is 3.06. The van der Waals surface area contributed by atoms with Crippen LogP contribution in [-0.4, -0.2) is 47.7 Å². The van der Waals surface area contributed by atoms with Gasteiger partial charge in [0.15, 0.2) is 0 Å². The molecule has 2 amide bonds. The molecule has 2 heterocycles. The number of hydrogen-bond acceptors (Lipinski definition) is 4. The van der Waals surface area contributed by atoms with Crippen LogP contribution in [0.1, 0.15) is 12.8 Å². The highest BCUT2D eigenvalue weighted by molar-refractivity contribution is 6.30. The number of anilines is 1. The van der Waals surface area contributed by atoms with Crippen LogP contribution in [0.25, 0.3) is 0 Å². The number of amidine groups is 1. The Labute approximate surface area is 133 Å². The zero-order valence-corrected chi connectivity index (χ0v) is 13.0. The molecule has 1 atom stereocenters. The van der Waals surface area contributed by atoms with E-state index < -0.39 is 0 Å². The molecule has 6 nitrogen and oxygen atoms in total. The summed E-state index contributed by atoms with van der Waals surface area (Å²) >= 11 is 5.92. The van der Waals surface area contributed by atoms with Gasteiger partial charge in [0.25, 0.3) is 5.91 Å². The lowest BCUT2D eigenvalue weighted by atomic mass is 9.96. The molecule has 0 unspecified atom stereocenters. The Morgan fingerprint density at radius 3 is 3.05 bits per heavy atom. The van der Waals surface area contributed by atoms with Crippen molar-refractivity contribution in [3.05, 3.63) is 29.3 Å². The average molecular weight is 321 g/mol. The molecule has 0 aliphatic carbocycles. The number of hydrogen-bond donors (Lipinski definition) is 1. The van der Waals surface area contributed by atoms with E-state index in [1.165, 1.54) is 5.01 Å². The minimum absolute atomic E-state index is 0.0484. The van der Waals surface area contributed by atoms with Crippen LogP contribution in [0.4, 0.5) is 5.69 Å². The molecule has 0 radical (unpaired) electrons. The number of hydrazone groups is 1. The van der Waals surface area contributed by atoms with Crippen molar-refractivity contribution in [2.24, 2.45) is 11.0 Å². The Hall–Kier alpha value is -2.08. The van der Waals surface area contributed by atoms with Crippen LogP contribution in [-0.2, 0) is 9.59 Å². The number of carbonyl (C=O) groups is 2. The van der Waals surface area contributed by atoms with E-state index in [-0.39, 0.29) is 24.3 Å². The zero-order chi connectivity index (χ0) is 15.7. The van der Waals surface area contributed by atoms with Crippen LogP contribution in [0.2, 0.25) is 5.02 Å². The average Bonchev–Trinajstić information content (AvgIpc) is 2.48. The van der Waals surface area contributed by atoms with Crippen molar-refractivity contribution < 1.29 is 9.59 Å². The summed E-state index contributed by atoms with van der Waals surface area (Å²) in [4.78, 5) is 26.0. The molecular formula is C15H17ClN4O2. The van der Waals surface area contributed by atoms with Crippen LogP contribution in [0.15, 0.2) is 29.4 Å². The third-order valence-corrected chi connectivity index (χ3v) is 4.17. The predicted octanol–water partition coefficient (Wildman–Crippen LogP) is 1.78. The van der Waals surface area contributed by atoms with Crippen molar-refractivity contribution in [2.75, 3.05) is 25.5 Å². The highest BCUT2D eigenvalue weighted by Gasteiger charge is 2.33. The number of likely N-dealkylation sites (N-methyl/N-ethyl adjacent to an activating group) is 1. The smallest absolute Gasteiger partial charge is 0.261 e. The Kier molecular flexibility index (Phi) is 4.02. The molecule has 1 aromatic carbocycles. The minimum Gasteiger partial charge on any atom is -0.348 e. The van der Waals surface area contributed by atoms with Crippen molar-refractivity contribution in [3.63, 3.8) is 0 Å². The number of fused-ring (bicyclic) bond motifs is 1. The fourth-order valence-electron chi connectivity index (χ4n) is 2.71. The van der Waals surface area contributed by atoms with Gasteiger partial charge >= 0.3 is 0 Å². The Balaban J connectivity index is 1.66. The second-order valence-electron chi connectivity index (χ2n) is 5.55. The lowest BCUT2D eigenvalue weighted by Gasteiger charge is -2.38. The minimum atomic E-state index is -0.158. The summed E-state index contributed by atoms with van der Waals surface area (Å²) in [5.41, 5.74) is 0.686.